The molecule has 0 amide bonds. The lowest BCUT2D eigenvalue weighted by atomic mass is 10.2. The summed E-state index contributed by atoms with van der Waals surface area (Å²) in [6.45, 7) is 4.17. The van der Waals surface area contributed by atoms with Gasteiger partial charge < -0.3 is 0 Å². The molecule has 0 spiro atoms. The minimum Gasteiger partial charge on any atom is -0.271 e. The fraction of sp³-hybridized carbons (Fsp3) is 0.400. The molecule has 0 unspecified atom stereocenters. The molecule has 1 rings (SSSR count). The second-order valence-corrected chi connectivity index (χ2v) is 4.65. The Balaban J connectivity index is 2.73. The van der Waals surface area contributed by atoms with Crippen LogP contribution >= 0.6 is 0 Å². The third kappa shape index (κ3) is 3.89. The quantitative estimate of drug-likeness (QED) is 0.802. The van der Waals surface area contributed by atoms with Gasteiger partial charge in [0.05, 0.1) is 0 Å². The molecule has 0 saturated carbocycles. The van der Waals surface area contributed by atoms with Crippen molar-refractivity contribution in [2.24, 2.45) is 0 Å². The zero-order valence-corrected chi connectivity index (χ0v) is 9.76. The van der Waals surface area contributed by atoms with Gasteiger partial charge in [-0.2, -0.15) is 13.1 Å². The molecule has 0 atom stereocenters. The van der Waals surface area contributed by atoms with Crippen molar-refractivity contribution in [2.45, 2.75) is 20.3 Å². The summed E-state index contributed by atoms with van der Waals surface area (Å²) in [5, 5.41) is 0. The first-order chi connectivity index (χ1) is 7.07. The second kappa shape index (κ2) is 5.14. The summed E-state index contributed by atoms with van der Waals surface area (Å²) in [5.74, 6) is 0. The lowest BCUT2D eigenvalue weighted by Crippen LogP contribution is -2.29. The molecule has 0 aliphatic rings. The van der Waals surface area contributed by atoms with E-state index in [-0.39, 0.29) is 0 Å². The molecule has 0 saturated heterocycles. The summed E-state index contributed by atoms with van der Waals surface area (Å²) in [4.78, 5) is 0. The molecule has 0 radical (unpaired) electrons. The van der Waals surface area contributed by atoms with Crippen LogP contribution in [-0.2, 0) is 16.6 Å². The van der Waals surface area contributed by atoms with Crippen molar-refractivity contribution < 1.29 is 8.42 Å². The van der Waals surface area contributed by atoms with Gasteiger partial charge in [0.1, 0.15) is 0 Å². The first kappa shape index (κ1) is 12.0. The average Bonchev–Trinajstić information content (AvgIpc) is 2.18. The van der Waals surface area contributed by atoms with Crippen molar-refractivity contribution in [3.8, 4) is 0 Å². The predicted molar refractivity (Wildman–Crippen MR) is 62.0 cm³/mol. The molecule has 1 aromatic rings. The highest BCUT2D eigenvalue weighted by atomic mass is 32.2. The molecular formula is C10H16N2O2S. The molecule has 15 heavy (non-hydrogen) atoms. The molecule has 84 valence electrons. The predicted octanol–water partition coefficient (Wildman–Crippen LogP) is 1.52. The van der Waals surface area contributed by atoms with E-state index in [1.807, 2.05) is 12.1 Å². The minimum atomic E-state index is -3.40. The van der Waals surface area contributed by atoms with Crippen LogP contribution in [-0.4, -0.2) is 15.0 Å². The number of benzene rings is 1. The minimum absolute atomic E-state index is 0.377. The van der Waals surface area contributed by atoms with Gasteiger partial charge in [0.2, 0.25) is 0 Å². The summed E-state index contributed by atoms with van der Waals surface area (Å²) in [7, 11) is -3.40. The molecule has 0 fully saturated rings. The highest BCUT2D eigenvalue weighted by molar-refractivity contribution is 7.90. The van der Waals surface area contributed by atoms with E-state index >= 15 is 0 Å². The maximum Gasteiger partial charge on any atom is 0.299 e. The van der Waals surface area contributed by atoms with E-state index in [9.17, 15) is 8.42 Å². The van der Waals surface area contributed by atoms with Crippen molar-refractivity contribution in [2.75, 3.05) is 11.3 Å². The van der Waals surface area contributed by atoms with Crippen LogP contribution in [0.25, 0.3) is 0 Å². The summed E-state index contributed by atoms with van der Waals surface area (Å²) < 4.78 is 27.5. The molecule has 2 N–H and O–H groups in total. The summed E-state index contributed by atoms with van der Waals surface area (Å²) in [6, 6.07) is 7.33. The molecule has 0 aliphatic carbocycles. The normalized spacial score (nSPS) is 11.3. The Morgan fingerprint density at radius 1 is 1.13 bits per heavy atom. The van der Waals surface area contributed by atoms with E-state index in [0.717, 1.165) is 6.42 Å². The Hall–Kier alpha value is -1.07. The third-order valence-electron chi connectivity index (χ3n) is 1.95. The Kier molecular flexibility index (Phi) is 4.11. The zero-order valence-electron chi connectivity index (χ0n) is 8.95. The van der Waals surface area contributed by atoms with Crippen LogP contribution in [0.15, 0.2) is 24.3 Å². The number of rotatable bonds is 5. The van der Waals surface area contributed by atoms with Crippen LogP contribution < -0.4 is 9.44 Å². The number of aryl methyl sites for hydroxylation is 1. The number of nitrogens with one attached hydrogen (secondary N) is 2. The van der Waals surface area contributed by atoms with Gasteiger partial charge in [0.25, 0.3) is 10.2 Å². The Morgan fingerprint density at radius 3 is 2.20 bits per heavy atom. The van der Waals surface area contributed by atoms with E-state index in [0.29, 0.717) is 12.2 Å². The van der Waals surface area contributed by atoms with Gasteiger partial charge in [-0.1, -0.05) is 26.0 Å². The largest absolute Gasteiger partial charge is 0.299 e. The Morgan fingerprint density at radius 2 is 1.73 bits per heavy atom. The van der Waals surface area contributed by atoms with E-state index in [1.54, 1.807) is 19.1 Å². The van der Waals surface area contributed by atoms with Crippen molar-refractivity contribution >= 4 is 15.9 Å². The van der Waals surface area contributed by atoms with Crippen LogP contribution in [0.2, 0.25) is 0 Å². The highest BCUT2D eigenvalue weighted by Crippen LogP contribution is 2.10. The monoisotopic (exact) mass is 228 g/mol. The molecule has 5 heteroatoms. The molecule has 0 heterocycles. The van der Waals surface area contributed by atoms with Gasteiger partial charge >= 0.3 is 0 Å². The van der Waals surface area contributed by atoms with Crippen molar-refractivity contribution in [1.29, 1.82) is 0 Å². The van der Waals surface area contributed by atoms with E-state index < -0.39 is 10.2 Å². The summed E-state index contributed by atoms with van der Waals surface area (Å²) >= 11 is 0. The smallest absolute Gasteiger partial charge is 0.271 e. The van der Waals surface area contributed by atoms with E-state index in [2.05, 4.69) is 16.4 Å². The fourth-order valence-electron chi connectivity index (χ4n) is 1.19. The van der Waals surface area contributed by atoms with Crippen molar-refractivity contribution in [3.63, 3.8) is 0 Å². The average molecular weight is 228 g/mol. The molecule has 4 nitrogen and oxygen atoms in total. The van der Waals surface area contributed by atoms with E-state index in [4.69, 9.17) is 0 Å². The van der Waals surface area contributed by atoms with Gasteiger partial charge in [0, 0.05) is 12.2 Å². The summed E-state index contributed by atoms with van der Waals surface area (Å²) in [5.41, 5.74) is 1.76. The Bertz CT molecular complexity index is 398. The number of anilines is 1. The van der Waals surface area contributed by atoms with Crippen LogP contribution in [0.1, 0.15) is 19.4 Å². The van der Waals surface area contributed by atoms with Gasteiger partial charge in [-0.05, 0) is 24.1 Å². The maximum atomic E-state index is 11.3. The molecule has 0 aromatic heterocycles. The van der Waals surface area contributed by atoms with Crippen LogP contribution in [0.4, 0.5) is 5.69 Å². The lowest BCUT2D eigenvalue weighted by molar-refractivity contribution is 0.589. The van der Waals surface area contributed by atoms with Gasteiger partial charge in [-0.3, -0.25) is 4.72 Å². The number of hydrogen-bond acceptors (Lipinski definition) is 2. The van der Waals surface area contributed by atoms with Crippen molar-refractivity contribution in [3.05, 3.63) is 29.8 Å². The Labute approximate surface area is 90.9 Å². The zero-order chi connectivity index (χ0) is 11.3. The van der Waals surface area contributed by atoms with Crippen LogP contribution in [0, 0.1) is 0 Å². The van der Waals surface area contributed by atoms with Gasteiger partial charge in [0.15, 0.2) is 0 Å². The maximum absolute atomic E-state index is 11.3. The second-order valence-electron chi connectivity index (χ2n) is 3.15. The van der Waals surface area contributed by atoms with E-state index in [1.165, 1.54) is 5.56 Å². The molecule has 0 aliphatic heterocycles. The topological polar surface area (TPSA) is 58.2 Å². The fourth-order valence-corrected chi connectivity index (χ4v) is 2.09. The number of hydrogen-bond donors (Lipinski definition) is 2. The SMILES string of the molecule is CCNS(=O)(=O)Nc1ccc(CC)cc1. The molecule has 1 aromatic carbocycles. The van der Waals surface area contributed by atoms with Crippen LogP contribution in [0.3, 0.4) is 0 Å². The highest BCUT2D eigenvalue weighted by Gasteiger charge is 2.06. The van der Waals surface area contributed by atoms with Gasteiger partial charge in [-0.15, -0.1) is 0 Å². The first-order valence-corrected chi connectivity index (χ1v) is 6.42. The van der Waals surface area contributed by atoms with Gasteiger partial charge in [-0.25, -0.2) is 0 Å². The van der Waals surface area contributed by atoms with Crippen molar-refractivity contribution in [1.82, 2.24) is 4.72 Å². The molecular weight excluding hydrogens is 212 g/mol. The summed E-state index contributed by atoms with van der Waals surface area (Å²) in [6.07, 6.45) is 0.945. The van der Waals surface area contributed by atoms with Crippen LogP contribution in [0.5, 0.6) is 0 Å². The molecule has 0 bridgehead atoms. The lowest BCUT2D eigenvalue weighted by Gasteiger charge is -2.07. The third-order valence-corrected chi connectivity index (χ3v) is 3.12. The first-order valence-electron chi connectivity index (χ1n) is 4.93. The standard InChI is InChI=1S/C10H16N2O2S/c1-3-9-5-7-10(8-6-9)12-15(13,14)11-4-2/h5-8,11-12H,3-4H2,1-2H3.